The number of hydrogen-bond acceptors (Lipinski definition) is 8. The molecule has 0 atom stereocenters. The molecule has 0 aliphatic carbocycles. The van der Waals surface area contributed by atoms with E-state index in [1.54, 1.807) is 35.6 Å². The Morgan fingerprint density at radius 1 is 1.15 bits per heavy atom. The van der Waals surface area contributed by atoms with Gasteiger partial charge in [0.15, 0.2) is 6.73 Å². The molecule has 0 saturated carbocycles. The summed E-state index contributed by atoms with van der Waals surface area (Å²) in [6, 6.07) is 10.8. The number of carbonyl (C=O) groups excluding carboxylic acids is 1. The van der Waals surface area contributed by atoms with Crippen molar-refractivity contribution in [3.05, 3.63) is 63.2 Å². The summed E-state index contributed by atoms with van der Waals surface area (Å²) >= 11 is 3.08. The van der Waals surface area contributed by atoms with Crippen molar-refractivity contribution in [2.75, 3.05) is 0 Å². The SMILES string of the molecule is O=C(Cc1csc(-c2cccs2)n1)OCn1nnc2ccccc2c1=O. The maximum atomic E-state index is 12.3. The molecule has 9 heteroatoms. The van der Waals surface area contributed by atoms with E-state index in [0.29, 0.717) is 16.6 Å². The highest BCUT2D eigenvalue weighted by molar-refractivity contribution is 7.20. The molecule has 26 heavy (non-hydrogen) atoms. The summed E-state index contributed by atoms with van der Waals surface area (Å²) in [6.07, 6.45) is 0.0393. The molecule has 0 bridgehead atoms. The number of aromatic nitrogens is 4. The molecule has 0 aliphatic rings. The fraction of sp³-hybridized carbons (Fsp3) is 0.118. The zero-order chi connectivity index (χ0) is 17.9. The number of thiazole rings is 1. The topological polar surface area (TPSA) is 87.0 Å². The molecule has 7 nitrogen and oxygen atoms in total. The number of benzene rings is 1. The van der Waals surface area contributed by atoms with E-state index < -0.39 is 5.97 Å². The lowest BCUT2D eigenvalue weighted by Gasteiger charge is -2.05. The smallest absolute Gasteiger partial charge is 0.313 e. The van der Waals surface area contributed by atoms with E-state index in [1.807, 2.05) is 22.9 Å². The van der Waals surface area contributed by atoms with Gasteiger partial charge in [-0.25, -0.2) is 4.98 Å². The number of rotatable bonds is 5. The van der Waals surface area contributed by atoms with E-state index >= 15 is 0 Å². The van der Waals surface area contributed by atoms with Gasteiger partial charge in [-0.15, -0.1) is 27.8 Å². The first-order chi connectivity index (χ1) is 12.7. The number of thiophene rings is 1. The highest BCUT2D eigenvalue weighted by Crippen LogP contribution is 2.27. The molecular formula is C17H12N4O3S2. The van der Waals surface area contributed by atoms with E-state index in [4.69, 9.17) is 4.74 Å². The second kappa shape index (κ2) is 7.14. The van der Waals surface area contributed by atoms with Gasteiger partial charge in [-0.1, -0.05) is 23.4 Å². The molecule has 3 heterocycles. The van der Waals surface area contributed by atoms with Gasteiger partial charge in [0.05, 0.1) is 22.4 Å². The van der Waals surface area contributed by atoms with E-state index in [0.717, 1.165) is 14.6 Å². The van der Waals surface area contributed by atoms with Crippen LogP contribution in [-0.2, 0) is 22.7 Å². The molecule has 0 radical (unpaired) electrons. The number of fused-ring (bicyclic) bond motifs is 1. The van der Waals surface area contributed by atoms with Crippen LogP contribution in [0, 0.1) is 0 Å². The Labute approximate surface area is 155 Å². The van der Waals surface area contributed by atoms with E-state index in [2.05, 4.69) is 15.3 Å². The van der Waals surface area contributed by atoms with Crippen LogP contribution < -0.4 is 5.56 Å². The van der Waals surface area contributed by atoms with Crippen LogP contribution >= 0.6 is 22.7 Å². The van der Waals surface area contributed by atoms with Crippen molar-refractivity contribution in [3.8, 4) is 9.88 Å². The summed E-state index contributed by atoms with van der Waals surface area (Å²) < 4.78 is 6.18. The molecule has 0 amide bonds. The maximum Gasteiger partial charge on any atom is 0.313 e. The fourth-order valence-corrected chi connectivity index (χ4v) is 3.98. The monoisotopic (exact) mass is 384 g/mol. The molecule has 0 fully saturated rings. The van der Waals surface area contributed by atoms with Crippen LogP contribution in [-0.4, -0.2) is 25.9 Å². The van der Waals surface area contributed by atoms with Crippen molar-refractivity contribution in [1.29, 1.82) is 0 Å². The molecule has 130 valence electrons. The summed E-state index contributed by atoms with van der Waals surface area (Å²) in [7, 11) is 0. The van der Waals surface area contributed by atoms with Gasteiger partial charge >= 0.3 is 5.97 Å². The summed E-state index contributed by atoms with van der Waals surface area (Å²) in [6.45, 7) is -0.280. The van der Waals surface area contributed by atoms with E-state index in [9.17, 15) is 9.59 Å². The minimum atomic E-state index is -0.477. The standard InChI is InChI=1S/C17H12N4O3S2/c22-15(8-11-9-26-16(18-11)14-6-3-7-25-14)24-10-21-17(23)12-4-1-2-5-13(12)19-20-21/h1-7,9H,8,10H2. The number of ether oxygens (including phenoxy) is 1. The normalized spacial score (nSPS) is 10.9. The third-order valence-electron chi connectivity index (χ3n) is 3.59. The zero-order valence-corrected chi connectivity index (χ0v) is 15.0. The largest absolute Gasteiger partial charge is 0.442 e. The molecule has 1 aromatic carbocycles. The lowest BCUT2D eigenvalue weighted by atomic mass is 10.2. The van der Waals surface area contributed by atoms with Crippen molar-refractivity contribution in [3.63, 3.8) is 0 Å². The highest BCUT2D eigenvalue weighted by Gasteiger charge is 2.12. The zero-order valence-electron chi connectivity index (χ0n) is 13.4. The molecule has 0 spiro atoms. The van der Waals surface area contributed by atoms with Crippen molar-refractivity contribution in [2.24, 2.45) is 0 Å². The van der Waals surface area contributed by atoms with Crippen molar-refractivity contribution < 1.29 is 9.53 Å². The summed E-state index contributed by atoms with van der Waals surface area (Å²) in [5.74, 6) is -0.477. The van der Waals surface area contributed by atoms with Gasteiger partial charge in [-0.2, -0.15) is 4.68 Å². The predicted octanol–water partition coefficient (Wildman–Crippen LogP) is 2.72. The number of esters is 1. The van der Waals surface area contributed by atoms with E-state index in [1.165, 1.54) is 11.3 Å². The number of carbonyl (C=O) groups is 1. The minimum absolute atomic E-state index is 0.0393. The fourth-order valence-electron chi connectivity index (χ4n) is 2.34. The lowest BCUT2D eigenvalue weighted by molar-refractivity contribution is -0.147. The van der Waals surface area contributed by atoms with Crippen LogP contribution in [0.4, 0.5) is 0 Å². The highest BCUT2D eigenvalue weighted by atomic mass is 32.1. The summed E-state index contributed by atoms with van der Waals surface area (Å²) in [5, 5.41) is 12.9. The van der Waals surface area contributed by atoms with Crippen molar-refractivity contribution in [2.45, 2.75) is 13.2 Å². The number of hydrogen-bond donors (Lipinski definition) is 0. The van der Waals surface area contributed by atoms with Gasteiger partial charge < -0.3 is 4.74 Å². The average molecular weight is 384 g/mol. The summed E-state index contributed by atoms with van der Waals surface area (Å²) in [4.78, 5) is 29.8. The van der Waals surface area contributed by atoms with Crippen LogP contribution in [0.3, 0.4) is 0 Å². The lowest BCUT2D eigenvalue weighted by Crippen LogP contribution is -2.26. The Hall–Kier alpha value is -2.91. The third kappa shape index (κ3) is 3.39. The Bertz CT molecular complexity index is 1120. The minimum Gasteiger partial charge on any atom is -0.442 e. The van der Waals surface area contributed by atoms with Crippen LogP contribution in [0.25, 0.3) is 20.8 Å². The number of nitrogens with zero attached hydrogens (tertiary/aromatic N) is 4. The summed E-state index contributed by atoms with van der Waals surface area (Å²) in [5.41, 5.74) is 0.793. The second-order valence-electron chi connectivity index (χ2n) is 5.35. The molecule has 0 unspecified atom stereocenters. The van der Waals surface area contributed by atoms with Gasteiger partial charge in [-0.3, -0.25) is 9.59 Å². The first kappa shape index (κ1) is 16.6. The van der Waals surface area contributed by atoms with E-state index in [-0.39, 0.29) is 18.7 Å². The first-order valence-corrected chi connectivity index (χ1v) is 9.43. The van der Waals surface area contributed by atoms with Crippen LogP contribution in [0.15, 0.2) is 52.0 Å². The van der Waals surface area contributed by atoms with Crippen LogP contribution in [0.1, 0.15) is 5.69 Å². The molecule has 4 aromatic rings. The molecule has 0 saturated heterocycles. The molecule has 3 aromatic heterocycles. The van der Waals surface area contributed by atoms with Crippen LogP contribution in [0.2, 0.25) is 0 Å². The van der Waals surface area contributed by atoms with Gasteiger partial charge in [-0.05, 0) is 23.6 Å². The molecule has 0 aliphatic heterocycles. The Kier molecular flexibility index (Phi) is 4.55. The molecule has 4 rings (SSSR count). The Balaban J connectivity index is 1.41. The Morgan fingerprint density at radius 3 is 2.88 bits per heavy atom. The van der Waals surface area contributed by atoms with Gasteiger partial charge in [0.2, 0.25) is 0 Å². The third-order valence-corrected chi connectivity index (χ3v) is 5.52. The predicted molar refractivity (Wildman–Crippen MR) is 99.0 cm³/mol. The van der Waals surface area contributed by atoms with Crippen LogP contribution in [0.5, 0.6) is 0 Å². The van der Waals surface area contributed by atoms with Crippen molar-refractivity contribution >= 4 is 39.5 Å². The Morgan fingerprint density at radius 2 is 2.04 bits per heavy atom. The second-order valence-corrected chi connectivity index (χ2v) is 7.16. The maximum absolute atomic E-state index is 12.3. The quantitative estimate of drug-likeness (QED) is 0.492. The molecule has 0 N–H and O–H groups in total. The van der Waals surface area contributed by atoms with Gasteiger partial charge in [0, 0.05) is 5.38 Å². The molecular weight excluding hydrogens is 372 g/mol. The van der Waals surface area contributed by atoms with Crippen molar-refractivity contribution in [1.82, 2.24) is 20.0 Å². The van der Waals surface area contributed by atoms with Gasteiger partial charge in [0.25, 0.3) is 5.56 Å². The first-order valence-electron chi connectivity index (χ1n) is 7.67. The average Bonchev–Trinajstić information content (AvgIpc) is 3.33. The van der Waals surface area contributed by atoms with Gasteiger partial charge in [0.1, 0.15) is 10.5 Å².